The summed E-state index contributed by atoms with van der Waals surface area (Å²) in [6, 6.07) is 11.6. The highest BCUT2D eigenvalue weighted by molar-refractivity contribution is 7.10. The standard InChI is InChI=1S/C17H22N2S/c1-2-13-3-5-14(6-4-13)16(11-18)19-9-7-17-15(12-19)8-10-20-17/h3-6,8,10,16H,2,7,9,11-12,18H2,1H3. The minimum Gasteiger partial charge on any atom is -0.329 e. The Bertz CT molecular complexity index is 559. The lowest BCUT2D eigenvalue weighted by atomic mass is 10.00. The summed E-state index contributed by atoms with van der Waals surface area (Å²) in [7, 11) is 0. The van der Waals surface area contributed by atoms with Crippen molar-refractivity contribution in [3.05, 3.63) is 57.3 Å². The number of thiophene rings is 1. The van der Waals surface area contributed by atoms with Crippen LogP contribution in [0.5, 0.6) is 0 Å². The van der Waals surface area contributed by atoms with E-state index in [1.807, 2.05) is 11.3 Å². The molecule has 1 unspecified atom stereocenters. The molecule has 0 amide bonds. The van der Waals surface area contributed by atoms with Crippen molar-refractivity contribution in [3.63, 3.8) is 0 Å². The zero-order valence-electron chi connectivity index (χ0n) is 12.0. The monoisotopic (exact) mass is 286 g/mol. The average molecular weight is 286 g/mol. The topological polar surface area (TPSA) is 29.3 Å². The Morgan fingerprint density at radius 3 is 2.75 bits per heavy atom. The maximum atomic E-state index is 6.06. The summed E-state index contributed by atoms with van der Waals surface area (Å²) in [4.78, 5) is 4.08. The van der Waals surface area contributed by atoms with Gasteiger partial charge in [0.05, 0.1) is 0 Å². The van der Waals surface area contributed by atoms with Gasteiger partial charge in [-0.3, -0.25) is 4.90 Å². The zero-order chi connectivity index (χ0) is 13.9. The second kappa shape index (κ2) is 6.08. The Kier molecular flexibility index (Phi) is 4.20. The normalized spacial score (nSPS) is 16.9. The molecule has 2 nitrogen and oxygen atoms in total. The van der Waals surface area contributed by atoms with Gasteiger partial charge in [-0.25, -0.2) is 0 Å². The Hall–Kier alpha value is -1.16. The molecule has 0 aliphatic carbocycles. The second-order valence-electron chi connectivity index (χ2n) is 5.44. The summed E-state index contributed by atoms with van der Waals surface area (Å²) >= 11 is 1.89. The molecule has 1 aromatic carbocycles. The molecule has 0 fully saturated rings. The lowest BCUT2D eigenvalue weighted by Gasteiger charge is -2.34. The van der Waals surface area contributed by atoms with Gasteiger partial charge >= 0.3 is 0 Å². The van der Waals surface area contributed by atoms with Crippen LogP contribution in [0.3, 0.4) is 0 Å². The van der Waals surface area contributed by atoms with Crippen molar-refractivity contribution in [2.24, 2.45) is 5.73 Å². The second-order valence-corrected chi connectivity index (χ2v) is 6.44. The lowest BCUT2D eigenvalue weighted by Crippen LogP contribution is -2.37. The van der Waals surface area contributed by atoms with E-state index in [1.54, 1.807) is 4.88 Å². The minimum atomic E-state index is 0.342. The molecule has 1 atom stereocenters. The minimum absolute atomic E-state index is 0.342. The van der Waals surface area contributed by atoms with Crippen LogP contribution in [0.4, 0.5) is 0 Å². The number of rotatable bonds is 4. The van der Waals surface area contributed by atoms with Crippen LogP contribution in [0, 0.1) is 0 Å². The first-order valence-corrected chi connectivity index (χ1v) is 8.28. The van der Waals surface area contributed by atoms with Gasteiger partial charge in [-0.2, -0.15) is 0 Å². The maximum absolute atomic E-state index is 6.06. The number of hydrogen-bond acceptors (Lipinski definition) is 3. The van der Waals surface area contributed by atoms with E-state index in [0.717, 1.165) is 25.9 Å². The molecule has 0 bridgehead atoms. The molecular weight excluding hydrogens is 264 g/mol. The predicted molar refractivity (Wildman–Crippen MR) is 86.0 cm³/mol. The Morgan fingerprint density at radius 1 is 1.25 bits per heavy atom. The van der Waals surface area contributed by atoms with Gasteiger partial charge in [0.15, 0.2) is 0 Å². The van der Waals surface area contributed by atoms with Crippen molar-refractivity contribution in [2.75, 3.05) is 13.1 Å². The molecule has 1 aliphatic rings. The number of nitrogens with two attached hydrogens (primary N) is 1. The molecule has 0 spiro atoms. The molecule has 1 aliphatic heterocycles. The van der Waals surface area contributed by atoms with Crippen LogP contribution in [0.15, 0.2) is 35.7 Å². The van der Waals surface area contributed by atoms with Crippen LogP contribution < -0.4 is 5.73 Å². The first-order chi connectivity index (χ1) is 9.81. The molecule has 106 valence electrons. The van der Waals surface area contributed by atoms with Gasteiger partial charge in [0.1, 0.15) is 0 Å². The molecule has 2 heterocycles. The van der Waals surface area contributed by atoms with Crippen molar-refractivity contribution >= 4 is 11.3 Å². The molecule has 0 saturated carbocycles. The largest absolute Gasteiger partial charge is 0.329 e. The maximum Gasteiger partial charge on any atom is 0.0474 e. The number of nitrogens with zero attached hydrogens (tertiary/aromatic N) is 1. The van der Waals surface area contributed by atoms with Crippen LogP contribution >= 0.6 is 11.3 Å². The van der Waals surface area contributed by atoms with E-state index in [9.17, 15) is 0 Å². The summed E-state index contributed by atoms with van der Waals surface area (Å²) in [5, 5.41) is 2.21. The van der Waals surface area contributed by atoms with E-state index in [2.05, 4.69) is 47.5 Å². The summed E-state index contributed by atoms with van der Waals surface area (Å²) < 4.78 is 0. The third-order valence-electron chi connectivity index (χ3n) is 4.27. The van der Waals surface area contributed by atoms with E-state index in [-0.39, 0.29) is 0 Å². The van der Waals surface area contributed by atoms with E-state index >= 15 is 0 Å². The fourth-order valence-electron chi connectivity index (χ4n) is 3.01. The highest BCUT2D eigenvalue weighted by Gasteiger charge is 2.24. The van der Waals surface area contributed by atoms with Crippen LogP contribution in [-0.2, 0) is 19.4 Å². The van der Waals surface area contributed by atoms with Crippen molar-refractivity contribution in [2.45, 2.75) is 32.4 Å². The molecule has 3 heteroatoms. The molecule has 0 radical (unpaired) electrons. The molecule has 2 aromatic rings. The highest BCUT2D eigenvalue weighted by atomic mass is 32.1. The Balaban J connectivity index is 1.79. The van der Waals surface area contributed by atoms with E-state index < -0.39 is 0 Å². The van der Waals surface area contributed by atoms with Crippen LogP contribution in [0.25, 0.3) is 0 Å². The van der Waals surface area contributed by atoms with Crippen molar-refractivity contribution in [1.82, 2.24) is 4.90 Å². The third kappa shape index (κ3) is 2.66. The molecule has 0 saturated heterocycles. The number of fused-ring (bicyclic) bond motifs is 1. The van der Waals surface area contributed by atoms with Gasteiger partial charge in [0, 0.05) is 30.6 Å². The summed E-state index contributed by atoms with van der Waals surface area (Å²) in [6.07, 6.45) is 2.26. The molecule has 20 heavy (non-hydrogen) atoms. The lowest BCUT2D eigenvalue weighted by molar-refractivity contribution is 0.185. The van der Waals surface area contributed by atoms with Crippen molar-refractivity contribution in [3.8, 4) is 0 Å². The van der Waals surface area contributed by atoms with E-state index in [4.69, 9.17) is 5.73 Å². The molecule has 1 aromatic heterocycles. The molecule has 2 N–H and O–H groups in total. The zero-order valence-corrected chi connectivity index (χ0v) is 12.8. The molecular formula is C17H22N2S. The van der Waals surface area contributed by atoms with Gasteiger partial charge in [-0.05, 0) is 41.0 Å². The molecule has 3 rings (SSSR count). The van der Waals surface area contributed by atoms with Gasteiger partial charge < -0.3 is 5.73 Å². The number of aryl methyl sites for hydroxylation is 1. The smallest absolute Gasteiger partial charge is 0.0474 e. The number of benzene rings is 1. The first kappa shape index (κ1) is 13.8. The van der Waals surface area contributed by atoms with Crippen molar-refractivity contribution < 1.29 is 0 Å². The highest BCUT2D eigenvalue weighted by Crippen LogP contribution is 2.30. The third-order valence-corrected chi connectivity index (χ3v) is 5.30. The quantitative estimate of drug-likeness (QED) is 0.933. The first-order valence-electron chi connectivity index (χ1n) is 7.40. The van der Waals surface area contributed by atoms with Gasteiger partial charge in [0.25, 0.3) is 0 Å². The van der Waals surface area contributed by atoms with E-state index in [0.29, 0.717) is 12.6 Å². The SMILES string of the molecule is CCc1ccc(C(CN)N2CCc3sccc3C2)cc1. The van der Waals surface area contributed by atoms with Crippen LogP contribution in [0.1, 0.15) is 34.5 Å². The fraction of sp³-hybridized carbons (Fsp3) is 0.412. The Morgan fingerprint density at radius 2 is 2.05 bits per heavy atom. The fourth-order valence-corrected chi connectivity index (χ4v) is 3.90. The van der Waals surface area contributed by atoms with Crippen LogP contribution in [0.2, 0.25) is 0 Å². The van der Waals surface area contributed by atoms with Crippen molar-refractivity contribution in [1.29, 1.82) is 0 Å². The van der Waals surface area contributed by atoms with Gasteiger partial charge in [-0.1, -0.05) is 31.2 Å². The Labute approximate surface area is 125 Å². The summed E-state index contributed by atoms with van der Waals surface area (Å²) in [6.45, 7) is 5.03. The number of hydrogen-bond donors (Lipinski definition) is 1. The average Bonchev–Trinajstić information content (AvgIpc) is 2.96. The van der Waals surface area contributed by atoms with Gasteiger partial charge in [-0.15, -0.1) is 11.3 Å². The summed E-state index contributed by atoms with van der Waals surface area (Å²) in [5.74, 6) is 0. The summed E-state index contributed by atoms with van der Waals surface area (Å²) in [5.41, 5.74) is 10.3. The van der Waals surface area contributed by atoms with Gasteiger partial charge in [0.2, 0.25) is 0 Å². The van der Waals surface area contributed by atoms with E-state index in [1.165, 1.54) is 16.7 Å². The predicted octanol–water partition coefficient (Wildman–Crippen LogP) is 3.37. The van der Waals surface area contributed by atoms with Crippen LogP contribution in [-0.4, -0.2) is 18.0 Å².